The second-order valence-electron chi connectivity index (χ2n) is 4.81. The van der Waals surface area contributed by atoms with E-state index in [0.29, 0.717) is 5.82 Å². The van der Waals surface area contributed by atoms with Crippen molar-refractivity contribution in [3.63, 3.8) is 0 Å². The molecule has 0 aromatic carbocycles. The Bertz CT molecular complexity index is 614. The van der Waals surface area contributed by atoms with Gasteiger partial charge in [0.2, 0.25) is 5.91 Å². The number of hydrogen-bond acceptors (Lipinski definition) is 5. The number of fused-ring (bicyclic) bond motifs is 1. The second-order valence-corrected chi connectivity index (χ2v) is 4.81. The molecule has 0 spiro atoms. The van der Waals surface area contributed by atoms with Crippen molar-refractivity contribution in [2.75, 3.05) is 23.7 Å². The van der Waals surface area contributed by atoms with E-state index in [9.17, 15) is 4.79 Å². The van der Waals surface area contributed by atoms with Crippen LogP contribution in [0.1, 0.15) is 12.8 Å². The number of carbonyl (C=O) groups excluding carboxylic acids is 1. The standard InChI is InChI=1S/C12H16N6O/c13-9-7-18-6-3-15-11(18)12(16-9)17-4-1-8(2-5-17)10(14)19/h3,6-8H,1-2,4-5,13H2,(H2,14,19). The maximum Gasteiger partial charge on any atom is 0.220 e. The highest BCUT2D eigenvalue weighted by Gasteiger charge is 2.25. The maximum absolute atomic E-state index is 11.2. The molecule has 1 aliphatic heterocycles. The first kappa shape index (κ1) is 11.8. The number of rotatable bonds is 2. The van der Waals surface area contributed by atoms with Crippen LogP contribution in [0, 0.1) is 5.92 Å². The van der Waals surface area contributed by atoms with Gasteiger partial charge >= 0.3 is 0 Å². The molecule has 1 aliphatic rings. The molecule has 1 amide bonds. The van der Waals surface area contributed by atoms with Crippen LogP contribution in [0.2, 0.25) is 0 Å². The van der Waals surface area contributed by atoms with Gasteiger partial charge in [-0.25, -0.2) is 9.97 Å². The van der Waals surface area contributed by atoms with Gasteiger partial charge in [0.15, 0.2) is 11.5 Å². The Morgan fingerprint density at radius 3 is 2.79 bits per heavy atom. The van der Waals surface area contributed by atoms with E-state index >= 15 is 0 Å². The number of amides is 1. The molecule has 0 radical (unpaired) electrons. The average molecular weight is 260 g/mol. The summed E-state index contributed by atoms with van der Waals surface area (Å²) in [6, 6.07) is 0. The lowest BCUT2D eigenvalue weighted by atomic mass is 9.96. The molecule has 0 saturated carbocycles. The topological polar surface area (TPSA) is 103 Å². The molecule has 4 N–H and O–H groups in total. The van der Waals surface area contributed by atoms with Gasteiger partial charge in [-0.15, -0.1) is 0 Å². The Balaban J connectivity index is 1.89. The predicted octanol–water partition coefficient (Wildman–Crippen LogP) is 0.0132. The van der Waals surface area contributed by atoms with Crippen molar-refractivity contribution in [1.29, 1.82) is 0 Å². The molecule has 0 aliphatic carbocycles. The molecule has 3 heterocycles. The minimum atomic E-state index is -0.217. The van der Waals surface area contributed by atoms with Gasteiger partial charge < -0.3 is 20.8 Å². The van der Waals surface area contributed by atoms with E-state index in [2.05, 4.69) is 14.9 Å². The smallest absolute Gasteiger partial charge is 0.220 e. The van der Waals surface area contributed by atoms with Gasteiger partial charge in [-0.05, 0) is 12.8 Å². The lowest BCUT2D eigenvalue weighted by molar-refractivity contribution is -0.122. The number of hydrogen-bond donors (Lipinski definition) is 2. The van der Waals surface area contributed by atoms with E-state index in [1.807, 2.05) is 10.6 Å². The van der Waals surface area contributed by atoms with E-state index in [4.69, 9.17) is 11.5 Å². The zero-order valence-electron chi connectivity index (χ0n) is 10.5. The summed E-state index contributed by atoms with van der Waals surface area (Å²) < 4.78 is 1.86. The predicted molar refractivity (Wildman–Crippen MR) is 71.5 cm³/mol. The van der Waals surface area contributed by atoms with Crippen molar-refractivity contribution in [3.05, 3.63) is 18.6 Å². The van der Waals surface area contributed by atoms with Crippen molar-refractivity contribution < 1.29 is 4.79 Å². The number of anilines is 2. The van der Waals surface area contributed by atoms with Crippen molar-refractivity contribution in [1.82, 2.24) is 14.4 Å². The first-order chi connectivity index (χ1) is 9.15. The summed E-state index contributed by atoms with van der Waals surface area (Å²) >= 11 is 0. The number of nitrogens with two attached hydrogens (primary N) is 2. The largest absolute Gasteiger partial charge is 0.382 e. The average Bonchev–Trinajstić information content (AvgIpc) is 2.85. The van der Waals surface area contributed by atoms with E-state index in [1.165, 1.54) is 0 Å². The molecule has 1 fully saturated rings. The molecular weight excluding hydrogens is 244 g/mol. The lowest BCUT2D eigenvalue weighted by Gasteiger charge is -2.31. The Kier molecular flexibility index (Phi) is 2.73. The van der Waals surface area contributed by atoms with Crippen molar-refractivity contribution in [3.8, 4) is 0 Å². The molecule has 1 saturated heterocycles. The molecule has 100 valence electrons. The molecule has 7 nitrogen and oxygen atoms in total. The molecule has 0 unspecified atom stereocenters. The number of aromatic nitrogens is 3. The number of imidazole rings is 1. The lowest BCUT2D eigenvalue weighted by Crippen LogP contribution is -2.39. The van der Waals surface area contributed by atoms with Crippen molar-refractivity contribution in [2.24, 2.45) is 11.7 Å². The summed E-state index contributed by atoms with van der Waals surface area (Å²) in [6.07, 6.45) is 6.79. The number of piperidine rings is 1. The Hall–Kier alpha value is -2.31. The van der Waals surface area contributed by atoms with E-state index < -0.39 is 0 Å². The fourth-order valence-corrected chi connectivity index (χ4v) is 2.52. The van der Waals surface area contributed by atoms with Crippen LogP contribution in [0.15, 0.2) is 18.6 Å². The van der Waals surface area contributed by atoms with Crippen LogP contribution in [-0.2, 0) is 4.79 Å². The van der Waals surface area contributed by atoms with E-state index in [0.717, 1.165) is 37.4 Å². The normalized spacial score (nSPS) is 16.9. The first-order valence-corrected chi connectivity index (χ1v) is 6.28. The zero-order valence-corrected chi connectivity index (χ0v) is 10.5. The second kappa shape index (κ2) is 4.42. The van der Waals surface area contributed by atoms with Crippen LogP contribution in [0.3, 0.4) is 0 Å². The summed E-state index contributed by atoms with van der Waals surface area (Å²) in [5.41, 5.74) is 11.9. The fourth-order valence-electron chi connectivity index (χ4n) is 2.52. The van der Waals surface area contributed by atoms with Gasteiger partial charge in [0.05, 0.1) is 6.20 Å². The van der Waals surface area contributed by atoms with E-state index in [-0.39, 0.29) is 11.8 Å². The monoisotopic (exact) mass is 260 g/mol. The number of nitrogen functional groups attached to an aromatic ring is 1. The summed E-state index contributed by atoms with van der Waals surface area (Å²) in [6.45, 7) is 1.49. The summed E-state index contributed by atoms with van der Waals surface area (Å²) in [5.74, 6) is 0.977. The highest BCUT2D eigenvalue weighted by Crippen LogP contribution is 2.25. The minimum absolute atomic E-state index is 0.0342. The zero-order chi connectivity index (χ0) is 13.4. The Labute approximate surface area is 110 Å². The third-order valence-corrected chi connectivity index (χ3v) is 3.57. The molecule has 19 heavy (non-hydrogen) atoms. The Morgan fingerprint density at radius 1 is 1.37 bits per heavy atom. The molecule has 0 atom stereocenters. The van der Waals surface area contributed by atoms with Crippen LogP contribution < -0.4 is 16.4 Å². The van der Waals surface area contributed by atoms with Crippen molar-refractivity contribution >= 4 is 23.2 Å². The number of carbonyl (C=O) groups is 1. The quantitative estimate of drug-likeness (QED) is 0.792. The summed E-state index contributed by atoms with van der Waals surface area (Å²) in [5, 5.41) is 0. The molecular formula is C12H16N6O. The molecule has 0 bridgehead atoms. The van der Waals surface area contributed by atoms with Crippen LogP contribution in [0.5, 0.6) is 0 Å². The summed E-state index contributed by atoms with van der Waals surface area (Å²) in [4.78, 5) is 22.0. The van der Waals surface area contributed by atoms with Crippen LogP contribution in [0.4, 0.5) is 11.6 Å². The molecule has 2 aromatic rings. The van der Waals surface area contributed by atoms with Gasteiger partial charge in [0.25, 0.3) is 0 Å². The van der Waals surface area contributed by atoms with Gasteiger partial charge in [-0.1, -0.05) is 0 Å². The molecule has 7 heteroatoms. The number of nitrogens with zero attached hydrogens (tertiary/aromatic N) is 4. The highest BCUT2D eigenvalue weighted by molar-refractivity contribution is 5.77. The van der Waals surface area contributed by atoms with Crippen molar-refractivity contribution in [2.45, 2.75) is 12.8 Å². The van der Waals surface area contributed by atoms with Crippen LogP contribution in [0.25, 0.3) is 5.65 Å². The third kappa shape index (κ3) is 2.07. The van der Waals surface area contributed by atoms with Gasteiger partial charge in [-0.3, -0.25) is 4.79 Å². The van der Waals surface area contributed by atoms with Crippen LogP contribution >= 0.6 is 0 Å². The Morgan fingerprint density at radius 2 is 2.11 bits per heavy atom. The maximum atomic E-state index is 11.2. The van der Waals surface area contributed by atoms with Crippen LogP contribution in [-0.4, -0.2) is 33.4 Å². The van der Waals surface area contributed by atoms with Gasteiger partial charge in [0.1, 0.15) is 5.82 Å². The van der Waals surface area contributed by atoms with Gasteiger partial charge in [0, 0.05) is 31.4 Å². The highest BCUT2D eigenvalue weighted by atomic mass is 16.1. The SMILES string of the molecule is NC(=O)C1CCN(c2nc(N)cn3ccnc23)CC1. The fraction of sp³-hybridized carbons (Fsp3) is 0.417. The molecule has 3 rings (SSSR count). The van der Waals surface area contributed by atoms with Gasteiger partial charge in [-0.2, -0.15) is 0 Å². The first-order valence-electron chi connectivity index (χ1n) is 6.28. The third-order valence-electron chi connectivity index (χ3n) is 3.57. The molecule has 2 aromatic heterocycles. The minimum Gasteiger partial charge on any atom is -0.382 e. The van der Waals surface area contributed by atoms with E-state index in [1.54, 1.807) is 12.4 Å². The number of primary amides is 1. The summed E-state index contributed by atoms with van der Waals surface area (Å²) in [7, 11) is 0.